The number of rotatable bonds is 7. The summed E-state index contributed by atoms with van der Waals surface area (Å²) in [6.45, 7) is 1.69. The van der Waals surface area contributed by atoms with Crippen LogP contribution in [0.3, 0.4) is 0 Å². The summed E-state index contributed by atoms with van der Waals surface area (Å²) >= 11 is 0. The Morgan fingerprint density at radius 1 is 1.38 bits per heavy atom. The molecule has 0 radical (unpaired) electrons. The van der Waals surface area contributed by atoms with Gasteiger partial charge in [-0.3, -0.25) is 9.52 Å². The van der Waals surface area contributed by atoms with E-state index in [1.54, 1.807) is 6.92 Å². The van der Waals surface area contributed by atoms with Crippen molar-refractivity contribution in [3.8, 4) is 0 Å². The summed E-state index contributed by atoms with van der Waals surface area (Å²) in [6.07, 6.45) is -0.417. The second-order valence-corrected chi connectivity index (χ2v) is 5.79. The molecule has 0 saturated carbocycles. The van der Waals surface area contributed by atoms with Gasteiger partial charge in [0.2, 0.25) is 10.0 Å². The first-order valence-corrected chi connectivity index (χ1v) is 7.60. The molecule has 0 aromatic heterocycles. The maximum absolute atomic E-state index is 13.6. The Kier molecular flexibility index (Phi) is 5.65. The van der Waals surface area contributed by atoms with E-state index >= 15 is 0 Å². The number of carboxylic acid groups (broad SMARTS) is 1. The van der Waals surface area contributed by atoms with E-state index in [9.17, 15) is 22.4 Å². The minimum atomic E-state index is -4.08. The van der Waals surface area contributed by atoms with E-state index in [-0.39, 0.29) is 6.61 Å². The molecule has 21 heavy (non-hydrogen) atoms. The van der Waals surface area contributed by atoms with E-state index in [2.05, 4.69) is 4.74 Å². The molecule has 0 saturated heterocycles. The third-order valence-electron chi connectivity index (χ3n) is 2.38. The Morgan fingerprint density at radius 3 is 2.62 bits per heavy atom. The number of sulfonamides is 1. The average molecular weight is 319 g/mol. The number of halogens is 1. The van der Waals surface area contributed by atoms with E-state index in [1.807, 2.05) is 4.72 Å². The van der Waals surface area contributed by atoms with E-state index in [0.717, 1.165) is 18.2 Å². The molecular weight excluding hydrogens is 305 g/mol. The predicted molar refractivity (Wildman–Crippen MR) is 72.0 cm³/mol. The van der Waals surface area contributed by atoms with E-state index < -0.39 is 51.2 Å². The highest BCUT2D eigenvalue weighted by Crippen LogP contribution is 2.21. The fourth-order valence-corrected chi connectivity index (χ4v) is 2.52. The van der Waals surface area contributed by atoms with Crippen LogP contribution in [-0.4, -0.2) is 37.8 Å². The van der Waals surface area contributed by atoms with Gasteiger partial charge in [0.1, 0.15) is 5.82 Å². The largest absolute Gasteiger partial charge is 0.478 e. The van der Waals surface area contributed by atoms with Crippen LogP contribution in [0.5, 0.6) is 0 Å². The number of carbonyl (C=O) groups excluding carboxylic acids is 1. The number of carbonyl (C=O) groups is 2. The van der Waals surface area contributed by atoms with Crippen molar-refractivity contribution in [3.05, 3.63) is 29.6 Å². The molecule has 0 aliphatic carbocycles. The highest BCUT2D eigenvalue weighted by atomic mass is 32.2. The van der Waals surface area contributed by atoms with Gasteiger partial charge in [-0.25, -0.2) is 17.6 Å². The van der Waals surface area contributed by atoms with Crippen molar-refractivity contribution >= 4 is 27.6 Å². The van der Waals surface area contributed by atoms with Crippen LogP contribution in [0.4, 0.5) is 10.1 Å². The number of anilines is 1. The highest BCUT2D eigenvalue weighted by molar-refractivity contribution is 7.92. The monoisotopic (exact) mass is 319 g/mol. The lowest BCUT2D eigenvalue weighted by atomic mass is 10.2. The normalized spacial score (nSPS) is 11.0. The molecule has 1 rings (SSSR count). The Labute approximate surface area is 120 Å². The number of ether oxygens (including phenoxy) is 1. The number of aromatic carboxylic acids is 1. The number of carboxylic acids is 1. The average Bonchev–Trinajstić information content (AvgIpc) is 2.39. The molecule has 0 aliphatic rings. The number of benzene rings is 1. The number of nitrogens with one attached hydrogen (secondary N) is 1. The molecule has 7 nitrogen and oxygen atoms in total. The lowest BCUT2D eigenvalue weighted by molar-refractivity contribution is -0.142. The van der Waals surface area contributed by atoms with Crippen molar-refractivity contribution in [1.82, 2.24) is 0 Å². The third kappa shape index (κ3) is 5.03. The summed E-state index contributed by atoms with van der Waals surface area (Å²) in [5.41, 5.74) is -1.18. The molecule has 2 N–H and O–H groups in total. The molecule has 116 valence electrons. The quantitative estimate of drug-likeness (QED) is 0.731. The maximum atomic E-state index is 13.6. The summed E-state index contributed by atoms with van der Waals surface area (Å²) in [7, 11) is -4.08. The van der Waals surface area contributed by atoms with Crippen LogP contribution in [0, 0.1) is 5.82 Å². The third-order valence-corrected chi connectivity index (χ3v) is 3.64. The number of para-hydroxylation sites is 1. The minimum Gasteiger partial charge on any atom is -0.478 e. The summed E-state index contributed by atoms with van der Waals surface area (Å²) < 4.78 is 43.5. The minimum absolute atomic E-state index is 0.114. The van der Waals surface area contributed by atoms with Crippen LogP contribution in [0.1, 0.15) is 23.7 Å². The second-order valence-electron chi connectivity index (χ2n) is 3.94. The van der Waals surface area contributed by atoms with Gasteiger partial charge < -0.3 is 9.84 Å². The Balaban J connectivity index is 2.90. The molecule has 0 amide bonds. The van der Waals surface area contributed by atoms with Crippen LogP contribution >= 0.6 is 0 Å². The first-order chi connectivity index (χ1) is 9.76. The standard InChI is InChI=1S/C12H14FNO6S/c1-2-20-10(15)6-7-21(18,19)14-11-8(12(16)17)4-3-5-9(11)13/h3-5,14H,2,6-7H2,1H3,(H,16,17). The topological polar surface area (TPSA) is 110 Å². The fraction of sp³-hybridized carbons (Fsp3) is 0.333. The van der Waals surface area contributed by atoms with Gasteiger partial charge >= 0.3 is 11.9 Å². The van der Waals surface area contributed by atoms with Gasteiger partial charge in [0.05, 0.1) is 30.0 Å². The number of esters is 1. The Bertz CT molecular complexity index is 643. The van der Waals surface area contributed by atoms with Crippen LogP contribution in [-0.2, 0) is 19.6 Å². The van der Waals surface area contributed by atoms with Gasteiger partial charge in [0.25, 0.3) is 0 Å². The zero-order valence-corrected chi connectivity index (χ0v) is 11.9. The zero-order chi connectivity index (χ0) is 16.0. The van der Waals surface area contributed by atoms with E-state index in [1.165, 1.54) is 0 Å². The number of hydrogen-bond donors (Lipinski definition) is 2. The van der Waals surface area contributed by atoms with Crippen LogP contribution in [0.2, 0.25) is 0 Å². The van der Waals surface area contributed by atoms with Crippen LogP contribution < -0.4 is 4.72 Å². The summed E-state index contributed by atoms with van der Waals surface area (Å²) in [5, 5.41) is 8.90. The van der Waals surface area contributed by atoms with Crippen molar-refractivity contribution in [1.29, 1.82) is 0 Å². The molecule has 9 heteroatoms. The van der Waals surface area contributed by atoms with Crippen LogP contribution in [0.25, 0.3) is 0 Å². The van der Waals surface area contributed by atoms with Crippen molar-refractivity contribution in [3.63, 3.8) is 0 Å². The molecule has 0 aliphatic heterocycles. The number of hydrogen-bond acceptors (Lipinski definition) is 5. The molecular formula is C12H14FNO6S. The maximum Gasteiger partial charge on any atom is 0.337 e. The van der Waals surface area contributed by atoms with Gasteiger partial charge in [-0.2, -0.15) is 0 Å². The van der Waals surface area contributed by atoms with Crippen LogP contribution in [0.15, 0.2) is 18.2 Å². The van der Waals surface area contributed by atoms with Gasteiger partial charge in [-0.05, 0) is 19.1 Å². The molecule has 1 aromatic rings. The van der Waals surface area contributed by atoms with Crippen molar-refractivity contribution in [2.45, 2.75) is 13.3 Å². The zero-order valence-electron chi connectivity index (χ0n) is 11.1. The molecule has 0 fully saturated rings. The molecule has 1 aromatic carbocycles. The summed E-state index contributed by atoms with van der Waals surface area (Å²) in [5.74, 6) is -3.85. The lowest BCUT2D eigenvalue weighted by Crippen LogP contribution is -2.22. The van der Waals surface area contributed by atoms with Gasteiger partial charge in [0, 0.05) is 0 Å². The van der Waals surface area contributed by atoms with Crippen molar-refractivity contribution < 1.29 is 32.2 Å². The highest BCUT2D eigenvalue weighted by Gasteiger charge is 2.20. The first kappa shape index (κ1) is 16.9. The molecule has 0 unspecified atom stereocenters. The van der Waals surface area contributed by atoms with E-state index in [4.69, 9.17) is 5.11 Å². The lowest BCUT2D eigenvalue weighted by Gasteiger charge is -2.11. The second kappa shape index (κ2) is 7.02. The molecule has 0 atom stereocenters. The molecule has 0 spiro atoms. The summed E-state index contributed by atoms with van der Waals surface area (Å²) in [4.78, 5) is 22.0. The molecule has 0 heterocycles. The summed E-state index contributed by atoms with van der Waals surface area (Å²) in [6, 6.07) is 3.14. The Hall–Kier alpha value is -2.16. The van der Waals surface area contributed by atoms with Crippen molar-refractivity contribution in [2.24, 2.45) is 0 Å². The van der Waals surface area contributed by atoms with E-state index in [0.29, 0.717) is 0 Å². The Morgan fingerprint density at radius 2 is 2.05 bits per heavy atom. The predicted octanol–water partition coefficient (Wildman–Crippen LogP) is 1.22. The smallest absolute Gasteiger partial charge is 0.337 e. The fourth-order valence-electron chi connectivity index (χ4n) is 1.46. The van der Waals surface area contributed by atoms with Gasteiger partial charge in [0.15, 0.2) is 0 Å². The molecule has 0 bridgehead atoms. The van der Waals surface area contributed by atoms with Gasteiger partial charge in [-0.15, -0.1) is 0 Å². The van der Waals surface area contributed by atoms with Crippen molar-refractivity contribution in [2.75, 3.05) is 17.1 Å². The SMILES string of the molecule is CCOC(=O)CCS(=O)(=O)Nc1c(F)cccc1C(=O)O. The first-order valence-electron chi connectivity index (χ1n) is 5.94. The van der Waals surface area contributed by atoms with Gasteiger partial charge in [-0.1, -0.05) is 6.07 Å².